The van der Waals surface area contributed by atoms with E-state index in [2.05, 4.69) is 15.5 Å². The topological polar surface area (TPSA) is 105 Å². The molecule has 2 N–H and O–H groups in total. The minimum absolute atomic E-state index is 0.0980. The van der Waals surface area contributed by atoms with Crippen molar-refractivity contribution in [2.45, 2.75) is 38.6 Å². The highest BCUT2D eigenvalue weighted by atomic mass is 35.5. The van der Waals surface area contributed by atoms with Crippen LogP contribution in [0.25, 0.3) is 11.5 Å². The fourth-order valence-electron chi connectivity index (χ4n) is 3.12. The third-order valence-electron chi connectivity index (χ3n) is 4.73. The molecule has 1 aromatic heterocycles. The third kappa shape index (κ3) is 4.22. The van der Waals surface area contributed by atoms with E-state index in [9.17, 15) is 9.59 Å². The SMILES string of the molecule is CC(NC(=O)C1CCC(C(=O)O)CC1)c1noc(-c2ccc(Cl)cc2)n1. The van der Waals surface area contributed by atoms with Crippen LogP contribution in [-0.4, -0.2) is 27.1 Å². The molecule has 1 aliphatic rings. The maximum Gasteiger partial charge on any atom is 0.306 e. The lowest BCUT2D eigenvalue weighted by molar-refractivity contribution is -0.144. The average molecular weight is 378 g/mol. The first-order valence-corrected chi connectivity index (χ1v) is 8.94. The van der Waals surface area contributed by atoms with Gasteiger partial charge in [0.2, 0.25) is 5.91 Å². The molecule has 26 heavy (non-hydrogen) atoms. The lowest BCUT2D eigenvalue weighted by Crippen LogP contribution is -2.36. The molecule has 1 heterocycles. The summed E-state index contributed by atoms with van der Waals surface area (Å²) in [6.07, 6.45) is 2.23. The lowest BCUT2D eigenvalue weighted by atomic mass is 9.81. The van der Waals surface area contributed by atoms with Crippen molar-refractivity contribution < 1.29 is 19.2 Å². The van der Waals surface area contributed by atoms with Gasteiger partial charge in [0.1, 0.15) is 0 Å². The van der Waals surface area contributed by atoms with Gasteiger partial charge in [-0.05, 0) is 56.9 Å². The van der Waals surface area contributed by atoms with Gasteiger partial charge in [0.05, 0.1) is 12.0 Å². The Bertz CT molecular complexity index is 782. The Morgan fingerprint density at radius 3 is 2.42 bits per heavy atom. The third-order valence-corrected chi connectivity index (χ3v) is 4.98. The van der Waals surface area contributed by atoms with E-state index >= 15 is 0 Å². The van der Waals surface area contributed by atoms with Crippen LogP contribution in [0.3, 0.4) is 0 Å². The van der Waals surface area contributed by atoms with Crippen molar-refractivity contribution in [1.29, 1.82) is 0 Å². The van der Waals surface area contributed by atoms with Gasteiger partial charge in [0.25, 0.3) is 5.89 Å². The van der Waals surface area contributed by atoms with Crippen molar-refractivity contribution in [2.75, 3.05) is 0 Å². The molecule has 1 fully saturated rings. The number of aromatic nitrogens is 2. The first kappa shape index (κ1) is 18.4. The molecular weight excluding hydrogens is 358 g/mol. The van der Waals surface area contributed by atoms with Crippen molar-refractivity contribution in [2.24, 2.45) is 11.8 Å². The quantitative estimate of drug-likeness (QED) is 0.826. The molecule has 2 aromatic rings. The van der Waals surface area contributed by atoms with E-state index in [-0.39, 0.29) is 17.7 Å². The van der Waals surface area contributed by atoms with Gasteiger partial charge in [0, 0.05) is 16.5 Å². The molecule has 1 unspecified atom stereocenters. The van der Waals surface area contributed by atoms with Crippen LogP contribution in [0.15, 0.2) is 28.8 Å². The number of amides is 1. The number of carbonyl (C=O) groups is 2. The Balaban J connectivity index is 1.58. The normalized spacial score (nSPS) is 21.2. The van der Waals surface area contributed by atoms with Crippen LogP contribution in [0.5, 0.6) is 0 Å². The van der Waals surface area contributed by atoms with Gasteiger partial charge in [-0.1, -0.05) is 16.8 Å². The molecule has 3 rings (SSSR count). The van der Waals surface area contributed by atoms with Gasteiger partial charge in [-0.2, -0.15) is 4.98 Å². The van der Waals surface area contributed by atoms with Crippen LogP contribution in [0.1, 0.15) is 44.5 Å². The second-order valence-corrected chi connectivity index (χ2v) is 7.02. The van der Waals surface area contributed by atoms with Crippen molar-refractivity contribution in [3.63, 3.8) is 0 Å². The Morgan fingerprint density at radius 1 is 1.19 bits per heavy atom. The number of nitrogens with one attached hydrogen (secondary N) is 1. The molecule has 0 saturated heterocycles. The summed E-state index contributed by atoms with van der Waals surface area (Å²) in [4.78, 5) is 27.7. The molecule has 1 aromatic carbocycles. The second kappa shape index (κ2) is 7.86. The zero-order valence-electron chi connectivity index (χ0n) is 14.3. The Hall–Kier alpha value is -2.41. The fourth-order valence-corrected chi connectivity index (χ4v) is 3.24. The second-order valence-electron chi connectivity index (χ2n) is 6.58. The van der Waals surface area contributed by atoms with Gasteiger partial charge < -0.3 is 14.9 Å². The highest BCUT2D eigenvalue weighted by molar-refractivity contribution is 6.30. The molecule has 0 bridgehead atoms. The number of rotatable bonds is 5. The summed E-state index contributed by atoms with van der Waals surface area (Å²) >= 11 is 5.87. The smallest absolute Gasteiger partial charge is 0.306 e. The molecule has 138 valence electrons. The van der Waals surface area contributed by atoms with Crippen molar-refractivity contribution >= 4 is 23.5 Å². The number of carboxylic acid groups (broad SMARTS) is 1. The van der Waals surface area contributed by atoms with E-state index in [1.807, 2.05) is 0 Å². The summed E-state index contributed by atoms with van der Waals surface area (Å²) in [6.45, 7) is 1.79. The molecular formula is C18H20ClN3O4. The standard InChI is InChI=1S/C18H20ClN3O4/c1-10(20-16(23)11-2-4-13(5-3-11)18(24)25)15-21-17(26-22-15)12-6-8-14(19)9-7-12/h6-11,13H,2-5H2,1H3,(H,20,23)(H,24,25). The number of benzene rings is 1. The summed E-state index contributed by atoms with van der Waals surface area (Å²) in [5, 5.41) is 16.5. The van der Waals surface area contributed by atoms with Crippen LogP contribution in [0, 0.1) is 11.8 Å². The van der Waals surface area contributed by atoms with Gasteiger partial charge in [-0.15, -0.1) is 0 Å². The summed E-state index contributed by atoms with van der Waals surface area (Å²) < 4.78 is 5.26. The molecule has 0 radical (unpaired) electrons. The Kier molecular flexibility index (Phi) is 5.56. The maximum absolute atomic E-state index is 12.4. The van der Waals surface area contributed by atoms with Crippen LogP contribution >= 0.6 is 11.6 Å². The number of hydrogen-bond donors (Lipinski definition) is 2. The first-order valence-electron chi connectivity index (χ1n) is 8.56. The number of halogens is 1. The van der Waals surface area contributed by atoms with E-state index in [0.717, 1.165) is 5.56 Å². The summed E-state index contributed by atoms with van der Waals surface area (Å²) in [5.74, 6) is -0.633. The first-order chi connectivity index (χ1) is 12.4. The van der Waals surface area contributed by atoms with Crippen LogP contribution in [-0.2, 0) is 9.59 Å². The molecule has 1 amide bonds. The molecule has 0 aliphatic heterocycles. The Labute approximate surface area is 155 Å². The predicted molar refractivity (Wildman–Crippen MR) is 94.4 cm³/mol. The Morgan fingerprint density at radius 2 is 1.81 bits per heavy atom. The average Bonchev–Trinajstić information content (AvgIpc) is 3.12. The van der Waals surface area contributed by atoms with E-state index in [0.29, 0.717) is 42.4 Å². The number of aliphatic carboxylic acids is 1. The molecule has 0 spiro atoms. The highest BCUT2D eigenvalue weighted by Crippen LogP contribution is 2.29. The number of nitrogens with zero attached hydrogens (tertiary/aromatic N) is 2. The van der Waals surface area contributed by atoms with E-state index in [1.165, 1.54) is 0 Å². The minimum atomic E-state index is -0.779. The lowest BCUT2D eigenvalue weighted by Gasteiger charge is -2.26. The number of carbonyl (C=O) groups excluding carboxylic acids is 1. The summed E-state index contributed by atoms with van der Waals surface area (Å²) in [7, 11) is 0. The van der Waals surface area contributed by atoms with Gasteiger partial charge in [-0.25, -0.2) is 0 Å². The van der Waals surface area contributed by atoms with Crippen LogP contribution < -0.4 is 5.32 Å². The molecule has 8 heteroatoms. The summed E-state index contributed by atoms with van der Waals surface area (Å²) in [5.41, 5.74) is 0.749. The van der Waals surface area contributed by atoms with Crippen molar-refractivity contribution in [1.82, 2.24) is 15.5 Å². The van der Waals surface area contributed by atoms with Crippen LogP contribution in [0.4, 0.5) is 0 Å². The largest absolute Gasteiger partial charge is 0.481 e. The molecule has 1 aliphatic carbocycles. The van der Waals surface area contributed by atoms with E-state index < -0.39 is 12.0 Å². The maximum atomic E-state index is 12.4. The number of carboxylic acids is 1. The highest BCUT2D eigenvalue weighted by Gasteiger charge is 2.30. The summed E-state index contributed by atoms with van der Waals surface area (Å²) in [6, 6.07) is 6.64. The zero-order valence-corrected chi connectivity index (χ0v) is 15.1. The minimum Gasteiger partial charge on any atom is -0.481 e. The van der Waals surface area contributed by atoms with Crippen LogP contribution in [0.2, 0.25) is 5.02 Å². The van der Waals surface area contributed by atoms with Crippen molar-refractivity contribution in [3.8, 4) is 11.5 Å². The predicted octanol–water partition coefficient (Wildman–Crippen LogP) is 3.46. The van der Waals surface area contributed by atoms with Crippen molar-refractivity contribution in [3.05, 3.63) is 35.1 Å². The fraction of sp³-hybridized carbons (Fsp3) is 0.444. The van der Waals surface area contributed by atoms with E-state index in [4.69, 9.17) is 21.2 Å². The molecule has 1 saturated carbocycles. The molecule has 1 atom stereocenters. The number of hydrogen-bond acceptors (Lipinski definition) is 5. The van der Waals surface area contributed by atoms with Gasteiger partial charge >= 0.3 is 5.97 Å². The van der Waals surface area contributed by atoms with Gasteiger partial charge in [0.15, 0.2) is 5.82 Å². The zero-order chi connectivity index (χ0) is 18.7. The van der Waals surface area contributed by atoms with Gasteiger partial charge in [-0.3, -0.25) is 9.59 Å². The van der Waals surface area contributed by atoms with E-state index in [1.54, 1.807) is 31.2 Å². The monoisotopic (exact) mass is 377 g/mol. The molecule has 7 nitrogen and oxygen atoms in total.